The van der Waals surface area contributed by atoms with Crippen molar-refractivity contribution in [1.82, 2.24) is 4.90 Å². The van der Waals surface area contributed by atoms with Gasteiger partial charge in [-0.25, -0.2) is 0 Å². The molecule has 2 aromatic carbocycles. The number of nitrogens with zero attached hydrogens (tertiary/aromatic N) is 2. The maximum atomic E-state index is 13.1. The summed E-state index contributed by atoms with van der Waals surface area (Å²) < 4.78 is 44.0. The molecule has 3 rings (SSSR count). The molecule has 1 aliphatic heterocycles. The van der Waals surface area contributed by atoms with Crippen LogP contribution in [0.2, 0.25) is 0 Å². The zero-order valence-corrected chi connectivity index (χ0v) is 17.6. The first-order chi connectivity index (χ1) is 14.7. The lowest BCUT2D eigenvalue weighted by molar-refractivity contribution is -0.137. The van der Waals surface area contributed by atoms with Crippen LogP contribution in [0.15, 0.2) is 42.5 Å². The number of hydrogen-bond acceptors (Lipinski definition) is 3. The van der Waals surface area contributed by atoms with E-state index in [9.17, 15) is 23.2 Å². The van der Waals surface area contributed by atoms with Crippen molar-refractivity contribution >= 4 is 5.91 Å². The highest BCUT2D eigenvalue weighted by Crippen LogP contribution is 2.31. The number of carbonyl (C=O) groups excluding carboxylic acids is 1. The lowest BCUT2D eigenvalue weighted by Gasteiger charge is -2.19. The first-order valence-corrected chi connectivity index (χ1v) is 10.3. The topological polar surface area (TPSA) is 53.3 Å². The van der Waals surface area contributed by atoms with Crippen LogP contribution in [0.4, 0.5) is 13.2 Å². The summed E-state index contributed by atoms with van der Waals surface area (Å²) in [4.78, 5) is 14.9. The molecule has 1 heterocycles. The molecule has 31 heavy (non-hydrogen) atoms. The van der Waals surface area contributed by atoms with Gasteiger partial charge >= 0.3 is 6.18 Å². The Bertz CT molecular complexity index is 962. The summed E-state index contributed by atoms with van der Waals surface area (Å²) in [6.07, 6.45) is -2.97. The first kappa shape index (κ1) is 22.7. The van der Waals surface area contributed by atoms with E-state index in [-0.39, 0.29) is 11.8 Å². The molecule has 1 unspecified atom stereocenters. The summed E-state index contributed by atoms with van der Waals surface area (Å²) in [7, 11) is 0. The molecule has 0 radical (unpaired) electrons. The van der Waals surface area contributed by atoms with Gasteiger partial charge in [0.1, 0.15) is 5.75 Å². The van der Waals surface area contributed by atoms with Gasteiger partial charge in [0.05, 0.1) is 29.4 Å². The van der Waals surface area contributed by atoms with Gasteiger partial charge in [-0.3, -0.25) is 4.79 Å². The largest absolute Gasteiger partial charge is 0.492 e. The zero-order chi connectivity index (χ0) is 22.6. The number of ether oxygens (including phenoxy) is 1. The van der Waals surface area contributed by atoms with Crippen LogP contribution in [0.5, 0.6) is 5.75 Å². The Morgan fingerprint density at radius 1 is 1.23 bits per heavy atom. The van der Waals surface area contributed by atoms with Gasteiger partial charge in [-0.1, -0.05) is 26.0 Å². The summed E-state index contributed by atoms with van der Waals surface area (Å²) in [6.45, 7) is 5.56. The quantitative estimate of drug-likeness (QED) is 0.624. The third-order valence-corrected chi connectivity index (χ3v) is 5.29. The fourth-order valence-corrected chi connectivity index (χ4v) is 3.67. The Morgan fingerprint density at radius 3 is 2.55 bits per heavy atom. The molecule has 1 amide bonds. The Labute approximate surface area is 180 Å². The van der Waals surface area contributed by atoms with Crippen LogP contribution in [0.1, 0.15) is 47.3 Å². The van der Waals surface area contributed by atoms with E-state index in [1.54, 1.807) is 23.1 Å². The maximum absolute atomic E-state index is 13.1. The number of halogens is 3. The standard InChI is InChI=1S/C24H25F3N2O2/c1-16(2)15-31-22-8-5-18(13-28)12-21(22)23(30)29-10-9-19(14-29)11-17-3-6-20(7-4-17)24(25,26)27/h3-8,12,16,19H,9-11,14-15H2,1-2H3. The molecule has 1 aliphatic rings. The van der Waals surface area contributed by atoms with Gasteiger partial charge in [0.2, 0.25) is 0 Å². The third-order valence-electron chi connectivity index (χ3n) is 5.29. The smallest absolute Gasteiger partial charge is 0.416 e. The second kappa shape index (κ2) is 9.42. The van der Waals surface area contributed by atoms with Crippen LogP contribution in [0, 0.1) is 23.2 Å². The van der Waals surface area contributed by atoms with Crippen molar-refractivity contribution < 1.29 is 22.7 Å². The minimum atomic E-state index is -4.34. The Hall–Kier alpha value is -3.01. The summed E-state index contributed by atoms with van der Waals surface area (Å²) >= 11 is 0. The normalized spacial score (nSPS) is 16.4. The van der Waals surface area contributed by atoms with Crippen molar-refractivity contribution in [3.8, 4) is 11.8 Å². The fraction of sp³-hybridized carbons (Fsp3) is 0.417. The summed E-state index contributed by atoms with van der Waals surface area (Å²) in [5.74, 6) is 0.730. The average molecular weight is 430 g/mol. The van der Waals surface area contributed by atoms with E-state index < -0.39 is 11.7 Å². The lowest BCUT2D eigenvalue weighted by Crippen LogP contribution is -2.29. The molecule has 2 aromatic rings. The van der Waals surface area contributed by atoms with Gasteiger partial charge in [0, 0.05) is 13.1 Å². The van der Waals surface area contributed by atoms with Gasteiger partial charge in [-0.2, -0.15) is 18.4 Å². The van der Waals surface area contributed by atoms with Crippen molar-refractivity contribution in [2.45, 2.75) is 32.9 Å². The molecule has 164 valence electrons. The van der Waals surface area contributed by atoms with Gasteiger partial charge in [-0.05, 0) is 60.6 Å². The number of likely N-dealkylation sites (tertiary alicyclic amines) is 1. The molecule has 0 N–H and O–H groups in total. The van der Waals surface area contributed by atoms with Crippen LogP contribution in [0.3, 0.4) is 0 Å². The van der Waals surface area contributed by atoms with E-state index in [1.165, 1.54) is 12.1 Å². The molecule has 0 saturated carbocycles. The molecule has 4 nitrogen and oxygen atoms in total. The molecular weight excluding hydrogens is 405 g/mol. The minimum absolute atomic E-state index is 0.167. The second-order valence-electron chi connectivity index (χ2n) is 8.33. The predicted molar refractivity (Wildman–Crippen MR) is 111 cm³/mol. The Balaban J connectivity index is 1.68. The van der Waals surface area contributed by atoms with Gasteiger partial charge < -0.3 is 9.64 Å². The maximum Gasteiger partial charge on any atom is 0.416 e. The van der Waals surface area contributed by atoms with Crippen LogP contribution in [-0.4, -0.2) is 30.5 Å². The highest BCUT2D eigenvalue weighted by Gasteiger charge is 2.31. The molecule has 7 heteroatoms. The van der Waals surface area contributed by atoms with Crippen molar-refractivity contribution in [2.24, 2.45) is 11.8 Å². The van der Waals surface area contributed by atoms with E-state index in [2.05, 4.69) is 6.07 Å². The number of carbonyl (C=O) groups is 1. The van der Waals surface area contributed by atoms with Crippen molar-refractivity contribution in [1.29, 1.82) is 5.26 Å². The SMILES string of the molecule is CC(C)COc1ccc(C#N)cc1C(=O)N1CCC(Cc2ccc(C(F)(F)F)cc2)C1. The minimum Gasteiger partial charge on any atom is -0.492 e. The third kappa shape index (κ3) is 5.78. The van der Waals surface area contributed by atoms with Crippen LogP contribution in [-0.2, 0) is 12.6 Å². The molecule has 0 spiro atoms. The molecule has 1 atom stereocenters. The first-order valence-electron chi connectivity index (χ1n) is 10.3. The highest BCUT2D eigenvalue weighted by atomic mass is 19.4. The predicted octanol–water partition coefficient (Wildman–Crippen LogP) is 5.32. The summed E-state index contributed by atoms with van der Waals surface area (Å²) in [5.41, 5.74) is 0.918. The number of nitriles is 1. The van der Waals surface area contributed by atoms with Gasteiger partial charge in [0.15, 0.2) is 0 Å². The van der Waals surface area contributed by atoms with Crippen LogP contribution in [0.25, 0.3) is 0 Å². The fourth-order valence-electron chi connectivity index (χ4n) is 3.67. The van der Waals surface area contributed by atoms with E-state index in [4.69, 9.17) is 4.74 Å². The van der Waals surface area contributed by atoms with Crippen LogP contribution < -0.4 is 4.74 Å². The molecular formula is C24H25F3N2O2. The van der Waals surface area contributed by atoms with E-state index in [0.717, 1.165) is 24.1 Å². The van der Waals surface area contributed by atoms with Gasteiger partial charge in [0.25, 0.3) is 5.91 Å². The summed E-state index contributed by atoms with van der Waals surface area (Å²) in [5, 5.41) is 9.21. The lowest BCUT2D eigenvalue weighted by atomic mass is 9.98. The van der Waals surface area contributed by atoms with E-state index in [1.807, 2.05) is 13.8 Å². The number of amides is 1. The van der Waals surface area contributed by atoms with Crippen LogP contribution >= 0.6 is 0 Å². The zero-order valence-electron chi connectivity index (χ0n) is 17.6. The van der Waals surface area contributed by atoms with E-state index >= 15 is 0 Å². The average Bonchev–Trinajstić information content (AvgIpc) is 3.19. The highest BCUT2D eigenvalue weighted by molar-refractivity contribution is 5.97. The number of alkyl halides is 3. The number of benzene rings is 2. The molecule has 0 aromatic heterocycles. The van der Waals surface area contributed by atoms with Crippen molar-refractivity contribution in [3.05, 3.63) is 64.7 Å². The molecule has 1 saturated heterocycles. The van der Waals surface area contributed by atoms with Gasteiger partial charge in [-0.15, -0.1) is 0 Å². The monoisotopic (exact) mass is 430 g/mol. The molecule has 0 aliphatic carbocycles. The second-order valence-corrected chi connectivity index (χ2v) is 8.33. The van der Waals surface area contributed by atoms with E-state index in [0.29, 0.717) is 48.9 Å². The van der Waals surface area contributed by atoms with Crippen molar-refractivity contribution in [3.63, 3.8) is 0 Å². The molecule has 0 bridgehead atoms. The van der Waals surface area contributed by atoms with Crippen molar-refractivity contribution in [2.75, 3.05) is 19.7 Å². The molecule has 1 fully saturated rings. The Kier molecular flexibility index (Phi) is 6.89. The number of hydrogen-bond donors (Lipinski definition) is 0. The number of rotatable bonds is 6. The summed E-state index contributed by atoms with van der Waals surface area (Å²) in [6, 6.07) is 12.1. The Morgan fingerprint density at radius 2 is 1.94 bits per heavy atom.